The monoisotopic (exact) mass is 475 g/mol. The van der Waals surface area contributed by atoms with E-state index in [0.29, 0.717) is 29.1 Å². The largest absolute Gasteiger partial charge is 0.497 e. The van der Waals surface area contributed by atoms with Crippen LogP contribution in [0.5, 0.6) is 11.5 Å². The quantitative estimate of drug-likeness (QED) is 0.397. The van der Waals surface area contributed by atoms with Crippen molar-refractivity contribution in [1.29, 1.82) is 0 Å². The van der Waals surface area contributed by atoms with Gasteiger partial charge in [0.1, 0.15) is 23.1 Å². The van der Waals surface area contributed by atoms with Crippen molar-refractivity contribution in [3.63, 3.8) is 0 Å². The number of pyridine rings is 1. The van der Waals surface area contributed by atoms with Crippen LogP contribution in [0.3, 0.4) is 0 Å². The highest BCUT2D eigenvalue weighted by atomic mass is 19.3. The van der Waals surface area contributed by atoms with Crippen LogP contribution in [0.25, 0.3) is 11.0 Å². The molecule has 3 rings (SSSR count). The molecule has 0 fully saturated rings. The van der Waals surface area contributed by atoms with E-state index in [1.807, 2.05) is 12.1 Å². The molecule has 0 bridgehead atoms. The van der Waals surface area contributed by atoms with Crippen LogP contribution in [-0.4, -0.2) is 54.2 Å². The maximum atomic E-state index is 13.4. The molecule has 0 amide bonds. The number of carbonyl (C=O) groups is 1. The molecule has 0 spiro atoms. The van der Waals surface area contributed by atoms with Gasteiger partial charge in [0.15, 0.2) is 5.82 Å². The fourth-order valence-electron chi connectivity index (χ4n) is 3.27. The third-order valence-corrected chi connectivity index (χ3v) is 5.05. The number of fused-ring (bicyclic) bond motifs is 1. The third-order valence-electron chi connectivity index (χ3n) is 5.05. The second-order valence-corrected chi connectivity index (χ2v) is 7.63. The normalized spacial score (nSPS) is 12.2. The summed E-state index contributed by atoms with van der Waals surface area (Å²) in [6.07, 6.45) is 0.901. The van der Waals surface area contributed by atoms with Gasteiger partial charge in [-0.3, -0.25) is 4.98 Å². The Morgan fingerprint density at radius 1 is 1.15 bits per heavy atom. The number of anilines is 2. The van der Waals surface area contributed by atoms with Gasteiger partial charge >= 0.3 is 5.97 Å². The Kier molecular flexibility index (Phi) is 7.98. The predicted molar refractivity (Wildman–Crippen MR) is 123 cm³/mol. The third kappa shape index (κ3) is 6.40. The first kappa shape index (κ1) is 24.9. The first-order valence-electron chi connectivity index (χ1n) is 10.5. The second-order valence-electron chi connectivity index (χ2n) is 7.63. The van der Waals surface area contributed by atoms with Crippen LogP contribution < -0.4 is 20.1 Å². The highest BCUT2D eigenvalue weighted by Gasteiger charge is 2.28. The standard InChI is InChI=1S/C23H27F2N5O4/c1-23(24,25)10-9-17(21(31)34-4)28-20-19-16(6-5-11-26-19)29-22(30-20)27-13-14-7-8-15(32-2)12-18(14)33-3/h5-8,11-12,17H,9-10,13H2,1-4H3,(H2,27,28,29,30)/t17-/m1/s1. The van der Waals surface area contributed by atoms with Gasteiger partial charge in [-0.25, -0.2) is 18.6 Å². The average molecular weight is 475 g/mol. The number of methoxy groups -OCH3 is 3. The molecular weight excluding hydrogens is 448 g/mol. The van der Waals surface area contributed by atoms with E-state index in [1.165, 1.54) is 7.11 Å². The van der Waals surface area contributed by atoms with Gasteiger partial charge in [-0.15, -0.1) is 0 Å². The molecule has 182 valence electrons. The first-order valence-corrected chi connectivity index (χ1v) is 10.5. The van der Waals surface area contributed by atoms with Gasteiger partial charge in [-0.05, 0) is 37.6 Å². The Morgan fingerprint density at radius 3 is 2.62 bits per heavy atom. The molecule has 34 heavy (non-hydrogen) atoms. The number of rotatable bonds is 11. The van der Waals surface area contributed by atoms with Gasteiger partial charge in [0.2, 0.25) is 11.9 Å². The minimum absolute atomic E-state index is 0.152. The number of benzene rings is 1. The molecular formula is C23H27F2N5O4. The van der Waals surface area contributed by atoms with Gasteiger partial charge in [-0.2, -0.15) is 4.98 Å². The smallest absolute Gasteiger partial charge is 0.328 e. The van der Waals surface area contributed by atoms with E-state index >= 15 is 0 Å². The summed E-state index contributed by atoms with van der Waals surface area (Å²) in [7, 11) is 4.33. The minimum Gasteiger partial charge on any atom is -0.497 e. The van der Waals surface area contributed by atoms with Crippen LogP contribution in [0.4, 0.5) is 20.5 Å². The van der Waals surface area contributed by atoms with E-state index in [0.717, 1.165) is 12.5 Å². The van der Waals surface area contributed by atoms with Crippen LogP contribution >= 0.6 is 0 Å². The molecule has 0 saturated carbocycles. The van der Waals surface area contributed by atoms with Gasteiger partial charge in [-0.1, -0.05) is 0 Å². The van der Waals surface area contributed by atoms with E-state index in [4.69, 9.17) is 14.2 Å². The summed E-state index contributed by atoms with van der Waals surface area (Å²) in [4.78, 5) is 25.5. The van der Waals surface area contributed by atoms with Gasteiger partial charge in [0.05, 0.1) is 26.8 Å². The number of carbonyl (C=O) groups excluding carboxylic acids is 1. The van der Waals surface area contributed by atoms with Crippen molar-refractivity contribution in [2.75, 3.05) is 32.0 Å². The van der Waals surface area contributed by atoms with Crippen molar-refractivity contribution >= 4 is 28.8 Å². The molecule has 11 heteroatoms. The maximum absolute atomic E-state index is 13.4. The van der Waals surface area contributed by atoms with Gasteiger partial charge < -0.3 is 24.8 Å². The van der Waals surface area contributed by atoms with Crippen molar-refractivity contribution in [2.45, 2.75) is 38.3 Å². The lowest BCUT2D eigenvalue weighted by Gasteiger charge is -2.20. The molecule has 1 atom stereocenters. The number of nitrogens with one attached hydrogen (secondary N) is 2. The van der Waals surface area contributed by atoms with Crippen molar-refractivity contribution in [1.82, 2.24) is 15.0 Å². The molecule has 2 heterocycles. The zero-order chi connectivity index (χ0) is 24.7. The zero-order valence-corrected chi connectivity index (χ0v) is 19.4. The Hall–Kier alpha value is -3.76. The Labute approximate surface area is 195 Å². The Bertz CT molecular complexity index is 1140. The van der Waals surface area contributed by atoms with E-state index in [2.05, 4.69) is 25.6 Å². The summed E-state index contributed by atoms with van der Waals surface area (Å²) >= 11 is 0. The molecule has 2 aromatic heterocycles. The molecule has 0 saturated heterocycles. The number of aromatic nitrogens is 3. The molecule has 0 aliphatic rings. The predicted octanol–water partition coefficient (Wildman–Crippen LogP) is 4.04. The molecule has 0 unspecified atom stereocenters. The summed E-state index contributed by atoms with van der Waals surface area (Å²) < 4.78 is 42.3. The SMILES string of the molecule is COC(=O)[C@@H](CCC(C)(F)F)Nc1nc(NCc2ccc(OC)cc2OC)nc2cccnc12. The number of nitrogens with zero attached hydrogens (tertiary/aromatic N) is 3. The lowest BCUT2D eigenvalue weighted by atomic mass is 10.1. The van der Waals surface area contributed by atoms with Crippen molar-refractivity contribution in [3.05, 3.63) is 42.1 Å². The Balaban J connectivity index is 1.88. The second kappa shape index (κ2) is 10.9. The van der Waals surface area contributed by atoms with E-state index < -0.39 is 24.4 Å². The van der Waals surface area contributed by atoms with Gasteiger partial charge in [0, 0.05) is 30.8 Å². The first-order chi connectivity index (χ1) is 16.2. The highest BCUT2D eigenvalue weighted by molar-refractivity contribution is 5.88. The molecule has 0 aliphatic carbocycles. The molecule has 2 N–H and O–H groups in total. The summed E-state index contributed by atoms with van der Waals surface area (Å²) in [5.74, 6) is -1.84. The van der Waals surface area contributed by atoms with E-state index in [-0.39, 0.29) is 18.2 Å². The zero-order valence-electron chi connectivity index (χ0n) is 19.4. The lowest BCUT2D eigenvalue weighted by Crippen LogP contribution is -2.33. The van der Waals surface area contributed by atoms with E-state index in [9.17, 15) is 13.6 Å². The number of ether oxygens (including phenoxy) is 3. The highest BCUT2D eigenvalue weighted by Crippen LogP contribution is 2.27. The summed E-state index contributed by atoms with van der Waals surface area (Å²) in [6, 6.07) is 7.84. The molecule has 1 aromatic carbocycles. The summed E-state index contributed by atoms with van der Waals surface area (Å²) in [5.41, 5.74) is 1.74. The number of hydrogen-bond acceptors (Lipinski definition) is 9. The molecule has 0 radical (unpaired) electrons. The topological polar surface area (TPSA) is 107 Å². The minimum atomic E-state index is -2.93. The number of alkyl halides is 2. The molecule has 0 aliphatic heterocycles. The fourth-order valence-corrected chi connectivity index (χ4v) is 3.27. The summed E-state index contributed by atoms with van der Waals surface area (Å²) in [5, 5.41) is 6.05. The number of halogens is 2. The van der Waals surface area contributed by atoms with Gasteiger partial charge in [0.25, 0.3) is 0 Å². The number of esters is 1. The van der Waals surface area contributed by atoms with Crippen LogP contribution in [-0.2, 0) is 16.1 Å². The van der Waals surface area contributed by atoms with Crippen LogP contribution in [0.1, 0.15) is 25.3 Å². The summed E-state index contributed by atoms with van der Waals surface area (Å²) in [6.45, 7) is 1.14. The Morgan fingerprint density at radius 2 is 1.94 bits per heavy atom. The van der Waals surface area contributed by atoms with Crippen LogP contribution in [0, 0.1) is 0 Å². The van der Waals surface area contributed by atoms with Crippen molar-refractivity contribution in [3.8, 4) is 11.5 Å². The molecule has 9 nitrogen and oxygen atoms in total. The average Bonchev–Trinajstić information content (AvgIpc) is 2.83. The van der Waals surface area contributed by atoms with Crippen LogP contribution in [0.15, 0.2) is 36.5 Å². The van der Waals surface area contributed by atoms with Crippen LogP contribution in [0.2, 0.25) is 0 Å². The van der Waals surface area contributed by atoms with Crippen molar-refractivity contribution in [2.24, 2.45) is 0 Å². The lowest BCUT2D eigenvalue weighted by molar-refractivity contribution is -0.142. The fraction of sp³-hybridized carbons (Fsp3) is 0.391. The molecule has 3 aromatic rings. The maximum Gasteiger partial charge on any atom is 0.328 e. The van der Waals surface area contributed by atoms with Crippen molar-refractivity contribution < 1.29 is 27.8 Å². The van der Waals surface area contributed by atoms with E-state index in [1.54, 1.807) is 38.6 Å². The number of hydrogen-bond donors (Lipinski definition) is 2.